The molecule has 0 aromatic heterocycles. The molecule has 2 unspecified atom stereocenters. The van der Waals surface area contributed by atoms with Crippen molar-refractivity contribution in [1.29, 1.82) is 0 Å². The largest absolute Gasteiger partial charge is 0.337 e. The SMILES string of the molecule is CC(C)CS(=O)(=O)CCC(=O)N1CCNC(C)C1C. The third-order valence-corrected chi connectivity index (χ3v) is 5.57. The number of sulfone groups is 1. The first kappa shape index (κ1) is 16.4. The number of carbonyl (C=O) groups is 1. The van der Waals surface area contributed by atoms with E-state index in [0.717, 1.165) is 6.54 Å². The number of piperazine rings is 1. The van der Waals surface area contributed by atoms with Crippen LogP contribution in [0.5, 0.6) is 0 Å². The quantitative estimate of drug-likeness (QED) is 0.807. The number of hydrogen-bond acceptors (Lipinski definition) is 4. The molecule has 0 spiro atoms. The summed E-state index contributed by atoms with van der Waals surface area (Å²) in [5, 5.41) is 3.30. The molecule has 0 bridgehead atoms. The van der Waals surface area contributed by atoms with E-state index in [9.17, 15) is 13.2 Å². The van der Waals surface area contributed by atoms with E-state index >= 15 is 0 Å². The van der Waals surface area contributed by atoms with Crippen LogP contribution in [0.15, 0.2) is 0 Å². The molecule has 0 aromatic rings. The maximum atomic E-state index is 12.1. The number of carbonyl (C=O) groups excluding carboxylic acids is 1. The molecule has 0 saturated carbocycles. The summed E-state index contributed by atoms with van der Waals surface area (Å²) in [7, 11) is -3.11. The van der Waals surface area contributed by atoms with Gasteiger partial charge in [-0.1, -0.05) is 13.8 Å². The lowest BCUT2D eigenvalue weighted by molar-refractivity contribution is -0.134. The minimum absolute atomic E-state index is 0.0327. The maximum absolute atomic E-state index is 12.1. The predicted molar refractivity (Wildman–Crippen MR) is 76.7 cm³/mol. The molecule has 1 saturated heterocycles. The molecular weight excluding hydrogens is 264 g/mol. The lowest BCUT2D eigenvalue weighted by Crippen LogP contribution is -2.57. The van der Waals surface area contributed by atoms with Crippen molar-refractivity contribution in [3.63, 3.8) is 0 Å². The second-order valence-electron chi connectivity index (χ2n) is 5.83. The smallest absolute Gasteiger partial charge is 0.223 e. The molecule has 0 radical (unpaired) electrons. The van der Waals surface area contributed by atoms with E-state index in [4.69, 9.17) is 0 Å². The molecular formula is C13H26N2O3S. The fourth-order valence-electron chi connectivity index (χ4n) is 2.39. The van der Waals surface area contributed by atoms with Crippen molar-refractivity contribution in [1.82, 2.24) is 10.2 Å². The van der Waals surface area contributed by atoms with Crippen LogP contribution in [0.25, 0.3) is 0 Å². The van der Waals surface area contributed by atoms with Crippen LogP contribution in [0.3, 0.4) is 0 Å². The molecule has 19 heavy (non-hydrogen) atoms. The highest BCUT2D eigenvalue weighted by Gasteiger charge is 2.28. The van der Waals surface area contributed by atoms with Crippen molar-refractivity contribution < 1.29 is 13.2 Å². The van der Waals surface area contributed by atoms with Gasteiger partial charge in [0.2, 0.25) is 5.91 Å². The van der Waals surface area contributed by atoms with Crippen LogP contribution in [0.1, 0.15) is 34.1 Å². The number of rotatable bonds is 5. The summed E-state index contributed by atoms with van der Waals surface area (Å²) in [6.07, 6.45) is 0.103. The summed E-state index contributed by atoms with van der Waals surface area (Å²) < 4.78 is 23.6. The Morgan fingerprint density at radius 1 is 1.37 bits per heavy atom. The molecule has 112 valence electrons. The van der Waals surface area contributed by atoms with Gasteiger partial charge in [-0.25, -0.2) is 8.42 Å². The van der Waals surface area contributed by atoms with E-state index < -0.39 is 9.84 Å². The normalized spacial score (nSPS) is 24.8. The van der Waals surface area contributed by atoms with Gasteiger partial charge in [0.1, 0.15) is 0 Å². The molecule has 1 aliphatic rings. The minimum Gasteiger partial charge on any atom is -0.337 e. The van der Waals surface area contributed by atoms with Crippen LogP contribution < -0.4 is 5.32 Å². The van der Waals surface area contributed by atoms with Crippen molar-refractivity contribution >= 4 is 15.7 Å². The Balaban J connectivity index is 2.51. The Morgan fingerprint density at radius 2 is 2.00 bits per heavy atom. The zero-order valence-electron chi connectivity index (χ0n) is 12.3. The summed E-state index contributed by atoms with van der Waals surface area (Å²) in [6.45, 7) is 9.22. The first-order valence-electron chi connectivity index (χ1n) is 6.96. The molecule has 2 atom stereocenters. The molecule has 1 amide bonds. The average Bonchev–Trinajstić information content (AvgIpc) is 2.28. The van der Waals surface area contributed by atoms with Gasteiger partial charge in [-0.2, -0.15) is 0 Å². The number of nitrogens with zero attached hydrogens (tertiary/aromatic N) is 1. The number of nitrogens with one attached hydrogen (secondary N) is 1. The second kappa shape index (κ2) is 6.70. The fourth-order valence-corrected chi connectivity index (χ4v) is 4.05. The Hall–Kier alpha value is -0.620. The standard InChI is InChI=1S/C13H26N2O3S/c1-10(2)9-19(17,18)8-5-13(16)15-7-6-14-11(3)12(15)4/h10-12,14H,5-9H2,1-4H3. The molecule has 1 N–H and O–H groups in total. The lowest BCUT2D eigenvalue weighted by Gasteiger charge is -2.38. The van der Waals surface area contributed by atoms with E-state index in [1.54, 1.807) is 4.90 Å². The Bertz CT molecular complexity index is 406. The highest BCUT2D eigenvalue weighted by atomic mass is 32.2. The monoisotopic (exact) mass is 290 g/mol. The zero-order chi connectivity index (χ0) is 14.6. The molecule has 0 aromatic carbocycles. The van der Waals surface area contributed by atoms with Gasteiger partial charge in [0.15, 0.2) is 9.84 Å². The summed E-state index contributed by atoms with van der Waals surface area (Å²) in [5.74, 6) is 0.189. The third kappa shape index (κ3) is 5.10. The van der Waals surface area contributed by atoms with Gasteiger partial charge in [-0.3, -0.25) is 4.79 Å². The first-order valence-corrected chi connectivity index (χ1v) is 8.78. The molecule has 6 heteroatoms. The zero-order valence-corrected chi connectivity index (χ0v) is 13.2. The highest BCUT2D eigenvalue weighted by molar-refractivity contribution is 7.91. The van der Waals surface area contributed by atoms with E-state index in [-0.39, 0.29) is 41.8 Å². The summed E-state index contributed by atoms with van der Waals surface area (Å²) in [4.78, 5) is 13.9. The van der Waals surface area contributed by atoms with Crippen LogP contribution in [0.2, 0.25) is 0 Å². The molecule has 1 aliphatic heterocycles. The molecule has 5 nitrogen and oxygen atoms in total. The van der Waals surface area contributed by atoms with Crippen molar-refractivity contribution in [2.45, 2.75) is 46.2 Å². The van der Waals surface area contributed by atoms with Crippen LogP contribution in [-0.4, -0.2) is 55.9 Å². The summed E-state index contributed by atoms with van der Waals surface area (Å²) in [6, 6.07) is 0.374. The minimum atomic E-state index is -3.11. The van der Waals surface area contributed by atoms with Gasteiger partial charge < -0.3 is 10.2 Å². The number of hydrogen-bond donors (Lipinski definition) is 1. The topological polar surface area (TPSA) is 66.5 Å². The Kier molecular flexibility index (Phi) is 5.80. The van der Waals surface area contributed by atoms with E-state index in [2.05, 4.69) is 5.32 Å². The number of amides is 1. The fraction of sp³-hybridized carbons (Fsp3) is 0.923. The molecule has 0 aliphatic carbocycles. The average molecular weight is 290 g/mol. The van der Waals surface area contributed by atoms with Gasteiger partial charge >= 0.3 is 0 Å². The van der Waals surface area contributed by atoms with Crippen LogP contribution in [0, 0.1) is 5.92 Å². The van der Waals surface area contributed by atoms with Crippen molar-refractivity contribution in [2.75, 3.05) is 24.6 Å². The summed E-state index contributed by atoms with van der Waals surface area (Å²) in [5.41, 5.74) is 0. The van der Waals surface area contributed by atoms with Gasteiger partial charge in [-0.15, -0.1) is 0 Å². The van der Waals surface area contributed by atoms with Crippen molar-refractivity contribution in [2.24, 2.45) is 5.92 Å². The molecule has 1 rings (SSSR count). The van der Waals surface area contributed by atoms with Crippen LogP contribution in [0.4, 0.5) is 0 Å². The van der Waals surface area contributed by atoms with Crippen LogP contribution in [-0.2, 0) is 14.6 Å². The first-order chi connectivity index (χ1) is 8.73. The molecule has 1 fully saturated rings. The lowest BCUT2D eigenvalue weighted by atomic mass is 10.1. The van der Waals surface area contributed by atoms with Gasteiger partial charge in [-0.05, 0) is 19.8 Å². The van der Waals surface area contributed by atoms with Gasteiger partial charge in [0.05, 0.1) is 11.5 Å². The Morgan fingerprint density at radius 3 is 2.58 bits per heavy atom. The van der Waals surface area contributed by atoms with Crippen molar-refractivity contribution in [3.05, 3.63) is 0 Å². The third-order valence-electron chi connectivity index (χ3n) is 3.57. The second-order valence-corrected chi connectivity index (χ2v) is 8.06. The van der Waals surface area contributed by atoms with E-state index in [0.29, 0.717) is 6.54 Å². The highest BCUT2D eigenvalue weighted by Crippen LogP contribution is 2.11. The predicted octanol–water partition coefficient (Wildman–Crippen LogP) is 0.656. The van der Waals surface area contributed by atoms with Gasteiger partial charge in [0, 0.05) is 31.6 Å². The van der Waals surface area contributed by atoms with Crippen molar-refractivity contribution in [3.8, 4) is 0 Å². The van der Waals surface area contributed by atoms with Gasteiger partial charge in [0.25, 0.3) is 0 Å². The Labute approximate surface area is 116 Å². The maximum Gasteiger partial charge on any atom is 0.223 e. The summed E-state index contributed by atoms with van der Waals surface area (Å²) >= 11 is 0. The van der Waals surface area contributed by atoms with E-state index in [1.165, 1.54) is 0 Å². The van der Waals surface area contributed by atoms with E-state index in [1.807, 2.05) is 27.7 Å². The van der Waals surface area contributed by atoms with Crippen LogP contribution >= 0.6 is 0 Å². The molecule has 1 heterocycles.